The number of carbonyl (C=O) groups excluding carboxylic acids is 2. The molecule has 34 heavy (non-hydrogen) atoms. The van der Waals surface area contributed by atoms with Gasteiger partial charge in [-0.25, -0.2) is 0 Å². The largest absolute Gasteiger partial charge is 0.488 e. The van der Waals surface area contributed by atoms with Crippen LogP contribution in [0.25, 0.3) is 0 Å². The van der Waals surface area contributed by atoms with E-state index in [-0.39, 0.29) is 30.6 Å². The van der Waals surface area contributed by atoms with E-state index in [4.69, 9.17) is 9.47 Å². The molecule has 3 aliphatic rings. The molecule has 7 nitrogen and oxygen atoms in total. The molecule has 0 aromatic heterocycles. The number of hydrogen-bond acceptors (Lipinski definition) is 6. The van der Waals surface area contributed by atoms with Crippen LogP contribution in [0.15, 0.2) is 42.5 Å². The van der Waals surface area contributed by atoms with Gasteiger partial charge in [0.05, 0.1) is 6.04 Å². The first-order valence-corrected chi connectivity index (χ1v) is 13.2. The van der Waals surface area contributed by atoms with Crippen molar-refractivity contribution in [3.63, 3.8) is 0 Å². The molecule has 2 amide bonds. The van der Waals surface area contributed by atoms with Crippen molar-refractivity contribution in [3.8, 4) is 11.5 Å². The summed E-state index contributed by atoms with van der Waals surface area (Å²) < 4.78 is 12.1. The predicted molar refractivity (Wildman–Crippen MR) is 135 cm³/mol. The van der Waals surface area contributed by atoms with Crippen molar-refractivity contribution in [2.24, 2.45) is 0 Å². The number of ether oxygens (including phenoxy) is 2. The summed E-state index contributed by atoms with van der Waals surface area (Å²) in [6.07, 6.45) is 3.97. The first-order chi connectivity index (χ1) is 16.5. The van der Waals surface area contributed by atoms with Crippen molar-refractivity contribution in [2.75, 3.05) is 38.2 Å². The molecule has 3 aliphatic heterocycles. The minimum Gasteiger partial charge on any atom is -0.488 e. The topological polar surface area (TPSA) is 79.9 Å². The number of thioether (sulfide) groups is 1. The van der Waals surface area contributed by atoms with Crippen molar-refractivity contribution in [1.82, 2.24) is 15.5 Å². The summed E-state index contributed by atoms with van der Waals surface area (Å²) in [7, 11) is 0. The smallest absolute Gasteiger partial charge is 0.258 e. The molecule has 0 unspecified atom stereocenters. The summed E-state index contributed by atoms with van der Waals surface area (Å²) in [4.78, 5) is 27.9. The third kappa shape index (κ3) is 6.45. The van der Waals surface area contributed by atoms with Crippen LogP contribution >= 0.6 is 11.8 Å². The fraction of sp³-hybridized carbons (Fsp3) is 0.462. The molecule has 4 bridgehead atoms. The third-order valence-corrected chi connectivity index (χ3v) is 6.98. The number of carbonyl (C=O) groups is 2. The van der Waals surface area contributed by atoms with Gasteiger partial charge in [0.15, 0.2) is 6.61 Å². The van der Waals surface area contributed by atoms with Gasteiger partial charge in [-0.1, -0.05) is 18.2 Å². The molecule has 0 saturated carbocycles. The Kier molecular flexibility index (Phi) is 8.34. The second kappa shape index (κ2) is 11.6. The Hall–Kier alpha value is -2.71. The van der Waals surface area contributed by atoms with Gasteiger partial charge < -0.3 is 25.0 Å². The number of hydrogen-bond donors (Lipinski definition) is 2. The molecule has 0 radical (unpaired) electrons. The highest BCUT2D eigenvalue weighted by Crippen LogP contribution is 2.23. The fourth-order valence-corrected chi connectivity index (χ4v) is 4.74. The van der Waals surface area contributed by atoms with Crippen molar-refractivity contribution in [3.05, 3.63) is 59.2 Å². The number of nitrogens with one attached hydrogen (secondary N) is 2. The molecule has 3 heterocycles. The number of aryl methyl sites for hydroxylation is 1. The Morgan fingerprint density at radius 3 is 2.76 bits per heavy atom. The second-order valence-electron chi connectivity index (χ2n) is 8.86. The van der Waals surface area contributed by atoms with E-state index in [0.717, 1.165) is 55.1 Å². The van der Waals surface area contributed by atoms with Crippen molar-refractivity contribution in [2.45, 2.75) is 38.5 Å². The fourth-order valence-electron chi connectivity index (χ4n) is 4.32. The molecule has 2 atom stereocenters. The van der Waals surface area contributed by atoms with Crippen LogP contribution in [0.5, 0.6) is 11.5 Å². The maximum atomic E-state index is 13.2. The number of amides is 2. The summed E-state index contributed by atoms with van der Waals surface area (Å²) in [6, 6.07) is 13.0. The van der Waals surface area contributed by atoms with Crippen LogP contribution in [0.1, 0.15) is 34.3 Å². The second-order valence-corrected chi connectivity index (χ2v) is 9.85. The van der Waals surface area contributed by atoms with E-state index in [2.05, 4.69) is 21.8 Å². The molecule has 2 aromatic carbocycles. The lowest BCUT2D eigenvalue weighted by Crippen LogP contribution is -2.57. The van der Waals surface area contributed by atoms with Gasteiger partial charge in [0.1, 0.15) is 17.6 Å². The number of likely N-dealkylation sites (tertiary alicyclic amines) is 1. The van der Waals surface area contributed by atoms with Crippen LogP contribution < -0.4 is 20.1 Å². The lowest BCUT2D eigenvalue weighted by molar-refractivity contribution is -0.123. The van der Waals surface area contributed by atoms with E-state index in [1.165, 1.54) is 0 Å². The van der Waals surface area contributed by atoms with E-state index in [1.807, 2.05) is 49.0 Å². The standard InChI is InChI=1S/C26H33N3O4S/c1-18-4-7-20-14-24(18)32-17-25(30)27-15-19-5-8-21(9-6-19)33-23-10-12-29(11-3-13-34-2)16-22(23)28-26(20)31/h4-9,14,22-23H,3,10-13,15-17H2,1-2H3,(H,27,30)(H,28,31)/t22-,23-/m0/s1. The van der Waals surface area contributed by atoms with E-state index >= 15 is 0 Å². The van der Waals surface area contributed by atoms with Gasteiger partial charge in [-0.2, -0.15) is 11.8 Å². The Labute approximate surface area is 205 Å². The lowest BCUT2D eigenvalue weighted by Gasteiger charge is -2.39. The highest BCUT2D eigenvalue weighted by molar-refractivity contribution is 7.98. The first-order valence-electron chi connectivity index (χ1n) is 11.8. The van der Waals surface area contributed by atoms with E-state index in [0.29, 0.717) is 17.9 Å². The van der Waals surface area contributed by atoms with Crippen molar-refractivity contribution < 1.29 is 19.1 Å². The van der Waals surface area contributed by atoms with Gasteiger partial charge in [-0.05, 0) is 73.7 Å². The number of rotatable bonds is 4. The molecule has 1 fully saturated rings. The highest BCUT2D eigenvalue weighted by Gasteiger charge is 2.32. The summed E-state index contributed by atoms with van der Waals surface area (Å²) >= 11 is 1.86. The zero-order chi connectivity index (χ0) is 23.9. The molecule has 5 rings (SSSR count). The van der Waals surface area contributed by atoms with Gasteiger partial charge >= 0.3 is 0 Å². The Bertz CT molecular complexity index is 998. The van der Waals surface area contributed by atoms with Gasteiger partial charge in [-0.15, -0.1) is 0 Å². The van der Waals surface area contributed by atoms with Gasteiger partial charge in [0, 0.05) is 25.2 Å². The van der Waals surface area contributed by atoms with Crippen molar-refractivity contribution in [1.29, 1.82) is 0 Å². The Morgan fingerprint density at radius 2 is 1.97 bits per heavy atom. The number of benzene rings is 2. The average molecular weight is 484 g/mol. The molecule has 0 aliphatic carbocycles. The number of nitrogens with zero attached hydrogens (tertiary/aromatic N) is 1. The summed E-state index contributed by atoms with van der Waals surface area (Å²) in [5, 5.41) is 6.09. The monoisotopic (exact) mass is 483 g/mol. The van der Waals surface area contributed by atoms with E-state index in [9.17, 15) is 9.59 Å². The van der Waals surface area contributed by atoms with Crippen LogP contribution in [0.3, 0.4) is 0 Å². The van der Waals surface area contributed by atoms with Crippen LogP contribution in [-0.2, 0) is 11.3 Å². The average Bonchev–Trinajstić information content (AvgIpc) is 2.84. The zero-order valence-electron chi connectivity index (χ0n) is 19.8. The van der Waals surface area contributed by atoms with E-state index < -0.39 is 0 Å². The van der Waals surface area contributed by atoms with E-state index in [1.54, 1.807) is 12.1 Å². The SMILES string of the molecule is CSCCCN1CC[C@@H]2Oc3ccc(cc3)CNC(=O)COc3cc(ccc3C)C(=O)N[C@H]2C1. The molecule has 182 valence electrons. The number of piperidine rings is 1. The van der Waals surface area contributed by atoms with Crippen LogP contribution in [0.2, 0.25) is 0 Å². The quantitative estimate of drug-likeness (QED) is 0.651. The molecular formula is C26H33N3O4S. The first kappa shape index (κ1) is 24.4. The maximum Gasteiger partial charge on any atom is 0.258 e. The zero-order valence-corrected chi connectivity index (χ0v) is 20.7. The molecule has 2 aromatic rings. The maximum absolute atomic E-state index is 13.2. The Balaban J connectivity index is 1.58. The summed E-state index contributed by atoms with van der Waals surface area (Å²) in [5.74, 6) is 2.04. The molecule has 1 saturated heterocycles. The number of fused-ring (bicyclic) bond motifs is 7. The lowest BCUT2D eigenvalue weighted by atomic mass is 10.0. The summed E-state index contributed by atoms with van der Waals surface area (Å²) in [5.41, 5.74) is 2.36. The minimum absolute atomic E-state index is 0.108. The summed E-state index contributed by atoms with van der Waals surface area (Å²) in [6.45, 7) is 4.91. The molecule has 2 N–H and O–H groups in total. The third-order valence-electron chi connectivity index (χ3n) is 6.28. The normalized spacial score (nSPS) is 21.5. The van der Waals surface area contributed by atoms with Gasteiger partial charge in [-0.3, -0.25) is 9.59 Å². The molecule has 8 heteroatoms. The van der Waals surface area contributed by atoms with Crippen LogP contribution in [0, 0.1) is 6.92 Å². The van der Waals surface area contributed by atoms with Gasteiger partial charge in [0.25, 0.3) is 11.8 Å². The van der Waals surface area contributed by atoms with Crippen molar-refractivity contribution >= 4 is 23.6 Å². The predicted octanol–water partition coefficient (Wildman–Crippen LogP) is 3.01. The molecular weight excluding hydrogens is 450 g/mol. The van der Waals surface area contributed by atoms with Gasteiger partial charge in [0.2, 0.25) is 0 Å². The highest BCUT2D eigenvalue weighted by atomic mass is 32.2. The Morgan fingerprint density at radius 1 is 1.15 bits per heavy atom. The minimum atomic E-state index is -0.216. The molecule has 0 spiro atoms. The van der Waals surface area contributed by atoms with Crippen LogP contribution in [0.4, 0.5) is 0 Å². The van der Waals surface area contributed by atoms with Crippen LogP contribution in [-0.4, -0.2) is 67.1 Å².